The van der Waals surface area contributed by atoms with E-state index in [9.17, 15) is 59.4 Å². The molecule has 0 bridgehead atoms. The Bertz CT molecular complexity index is 436. The van der Waals surface area contributed by atoms with Gasteiger partial charge in [-0.3, -0.25) is 9.80 Å². The average Bonchev–Trinajstić information content (AvgIpc) is 2.33. The second-order valence-electron chi connectivity index (χ2n) is 4.52. The van der Waals surface area contributed by atoms with Gasteiger partial charge in [-0.1, -0.05) is 0 Å². The van der Waals surface area contributed by atoms with E-state index in [0.717, 1.165) is 0 Å². The number of hydrogen-bond acceptors (Lipinski definition) is 14. The fourth-order valence-corrected chi connectivity index (χ4v) is 1.43. The summed E-state index contributed by atoms with van der Waals surface area (Å²) in [4.78, 5) is 61.2. The van der Waals surface area contributed by atoms with Gasteiger partial charge in [0.15, 0.2) is 0 Å². The predicted molar refractivity (Wildman–Crippen MR) is 62.9 cm³/mol. The zero-order valence-corrected chi connectivity index (χ0v) is 19.2. The molecule has 29 heavy (non-hydrogen) atoms. The second kappa shape index (κ2) is 21.6. The van der Waals surface area contributed by atoms with E-state index in [1.54, 1.807) is 0 Å². The van der Waals surface area contributed by atoms with Crippen LogP contribution in [-0.2, 0) is 93.9 Å². The molecule has 0 aromatic carbocycles. The fourth-order valence-electron chi connectivity index (χ4n) is 1.43. The molecule has 0 amide bonds. The second-order valence-corrected chi connectivity index (χ2v) is 4.52. The summed E-state index contributed by atoms with van der Waals surface area (Å²) in [7, 11) is 0. The third-order valence-electron chi connectivity index (χ3n) is 2.12. The van der Waals surface area contributed by atoms with Crippen LogP contribution in [0.25, 0.3) is 0 Å². The number of carboxylic acid groups (broad SMARTS) is 6. The zero-order valence-electron chi connectivity index (χ0n) is 14.5. The number of hydrogen-bond donors (Lipinski definition) is 0. The molecule has 0 heterocycles. The Morgan fingerprint density at radius 2 is 0.483 bits per heavy atom. The van der Waals surface area contributed by atoms with Crippen molar-refractivity contribution in [1.82, 2.24) is 9.80 Å². The van der Waals surface area contributed by atoms with Crippen molar-refractivity contribution in [2.24, 2.45) is 0 Å². The Kier molecular flexibility index (Phi) is 28.6. The van der Waals surface area contributed by atoms with Crippen molar-refractivity contribution >= 4 is 35.8 Å². The van der Waals surface area contributed by atoms with E-state index in [1.165, 1.54) is 0 Å². The number of carboxylic acids is 6. The fraction of sp³-hybridized carbons (Fsp3) is 0.500. The van der Waals surface area contributed by atoms with Gasteiger partial charge in [-0.15, -0.1) is 0 Å². The molecule has 0 atom stereocenters. The molecule has 0 saturated heterocycles. The first-order chi connectivity index (χ1) is 11.8. The van der Waals surface area contributed by atoms with E-state index >= 15 is 0 Å². The van der Waals surface area contributed by atoms with Crippen LogP contribution in [0.1, 0.15) is 0 Å². The van der Waals surface area contributed by atoms with Crippen LogP contribution in [0.5, 0.6) is 0 Å². The van der Waals surface area contributed by atoms with E-state index in [1.807, 2.05) is 0 Å². The van der Waals surface area contributed by atoms with Crippen LogP contribution in [-0.4, -0.2) is 84.9 Å². The van der Waals surface area contributed by atoms with Gasteiger partial charge in [0, 0.05) is 39.3 Å². The normalized spacial score (nSPS) is 8.90. The third kappa shape index (κ3) is 31.8. The van der Waals surface area contributed by atoms with Gasteiger partial charge in [-0.25, -0.2) is 0 Å². The first-order valence-electron chi connectivity index (χ1n) is 6.47. The Morgan fingerprint density at radius 1 is 0.379 bits per heavy atom. The van der Waals surface area contributed by atoms with E-state index in [0.29, 0.717) is 9.80 Å². The molecule has 0 N–H and O–H groups in total. The molecule has 0 radical (unpaired) electrons. The first-order valence-corrected chi connectivity index (χ1v) is 6.47. The Balaban J connectivity index is -0.000000120. The Labute approximate surface area is 208 Å². The first kappa shape index (κ1) is 38.5. The number of rotatable bonds is 12. The van der Waals surface area contributed by atoms with Gasteiger partial charge in [0.05, 0.1) is 35.8 Å². The summed E-state index contributed by atoms with van der Waals surface area (Å²) in [6, 6.07) is 0. The van der Waals surface area contributed by atoms with Crippen LogP contribution in [0, 0.1) is 0 Å². The van der Waals surface area contributed by atoms with Gasteiger partial charge in [0.25, 0.3) is 0 Å². The number of carbonyl (C=O) groups excluding carboxylic acids is 6. The van der Waals surface area contributed by atoms with E-state index in [2.05, 4.69) is 0 Å². The molecule has 0 fully saturated rings. The summed E-state index contributed by atoms with van der Waals surface area (Å²) < 4.78 is 0. The van der Waals surface area contributed by atoms with Crippen molar-refractivity contribution in [3.05, 3.63) is 0 Å². The smallest absolute Gasteiger partial charge is 0.549 e. The van der Waals surface area contributed by atoms with Crippen LogP contribution >= 0.6 is 0 Å². The number of aliphatic carboxylic acids is 6. The maximum absolute atomic E-state index is 9.99. The SMILES string of the molecule is O=C([O-])CN(CC(=O)[O-])CC(=O)[O-].O=C([O-])CN(CC(=O)[O-])CC(=O)[O-].[Ti+2].[Ti+2].[Ti+2]. The van der Waals surface area contributed by atoms with Crippen LogP contribution in [0.3, 0.4) is 0 Å². The van der Waals surface area contributed by atoms with Crippen molar-refractivity contribution in [3.63, 3.8) is 0 Å². The molecule has 0 aromatic heterocycles. The third-order valence-corrected chi connectivity index (χ3v) is 2.12. The van der Waals surface area contributed by atoms with Crippen LogP contribution in [0.4, 0.5) is 0 Å². The Hall–Kier alpha value is -1.12. The molecule has 0 aliphatic rings. The molecule has 17 heteroatoms. The quantitative estimate of drug-likeness (QED) is 0.217. The summed E-state index contributed by atoms with van der Waals surface area (Å²) >= 11 is 0. The average molecular weight is 520 g/mol. The molecule has 0 spiro atoms. The summed E-state index contributed by atoms with van der Waals surface area (Å²) in [6.07, 6.45) is 0. The van der Waals surface area contributed by atoms with E-state index in [4.69, 9.17) is 0 Å². The van der Waals surface area contributed by atoms with E-state index < -0.39 is 75.1 Å². The maximum atomic E-state index is 9.99. The molecule has 0 aliphatic heterocycles. The van der Waals surface area contributed by atoms with Crippen LogP contribution < -0.4 is 30.6 Å². The zero-order chi connectivity index (χ0) is 20.9. The van der Waals surface area contributed by atoms with E-state index in [-0.39, 0.29) is 65.2 Å². The van der Waals surface area contributed by atoms with Gasteiger partial charge in [0.1, 0.15) is 0 Å². The van der Waals surface area contributed by atoms with Crippen molar-refractivity contribution in [3.8, 4) is 0 Å². The summed E-state index contributed by atoms with van der Waals surface area (Å²) in [5.41, 5.74) is 0. The molecule has 0 aliphatic carbocycles. The monoisotopic (exact) mass is 520 g/mol. The molecular formula is C12H12N2O12Ti3. The molecule has 14 nitrogen and oxygen atoms in total. The summed E-state index contributed by atoms with van der Waals surface area (Å²) in [5, 5.41) is 60.0. The minimum absolute atomic E-state index is 0. The Morgan fingerprint density at radius 3 is 0.552 bits per heavy atom. The number of carbonyl (C=O) groups is 6. The van der Waals surface area contributed by atoms with Crippen molar-refractivity contribution < 1.29 is 125 Å². The van der Waals surface area contributed by atoms with Gasteiger partial charge in [-0.05, 0) is 0 Å². The van der Waals surface area contributed by atoms with Crippen molar-refractivity contribution in [2.45, 2.75) is 0 Å². The van der Waals surface area contributed by atoms with Gasteiger partial charge >= 0.3 is 65.2 Å². The summed E-state index contributed by atoms with van der Waals surface area (Å²) in [5.74, 6) is -9.40. The maximum Gasteiger partial charge on any atom is 2.00 e. The van der Waals surface area contributed by atoms with Crippen LogP contribution in [0.15, 0.2) is 0 Å². The topological polar surface area (TPSA) is 247 Å². The molecule has 154 valence electrons. The minimum atomic E-state index is -1.57. The van der Waals surface area contributed by atoms with Gasteiger partial charge in [-0.2, -0.15) is 0 Å². The standard InChI is InChI=1S/2C6H9NO6.3Ti/c2*8-4(9)1-7(2-5(10)11)3-6(12)13;;;/h2*1-3H2,(H,8,9)(H,10,11)(H,12,13);;;/q;;3*+2/p-6. The van der Waals surface area contributed by atoms with Gasteiger partial charge in [0.2, 0.25) is 0 Å². The summed E-state index contributed by atoms with van der Waals surface area (Å²) in [6.45, 7) is -4.74. The molecule has 0 saturated carbocycles. The van der Waals surface area contributed by atoms with Gasteiger partial charge < -0.3 is 59.4 Å². The van der Waals surface area contributed by atoms with Crippen molar-refractivity contribution in [1.29, 1.82) is 0 Å². The van der Waals surface area contributed by atoms with Crippen molar-refractivity contribution in [2.75, 3.05) is 39.3 Å². The predicted octanol–water partition coefficient (Wildman–Crippen LogP) is -10.9. The molecular weight excluding hydrogens is 508 g/mol. The van der Waals surface area contributed by atoms with Crippen LogP contribution in [0.2, 0.25) is 0 Å². The minimum Gasteiger partial charge on any atom is -0.549 e. The molecule has 0 unspecified atom stereocenters. The molecule has 0 aromatic rings. The number of nitrogens with zero attached hydrogens (tertiary/aromatic N) is 2. The largest absolute Gasteiger partial charge is 2.00 e. The molecule has 0 rings (SSSR count).